The zero-order valence-electron chi connectivity index (χ0n) is 11.8. The first-order valence-corrected chi connectivity index (χ1v) is 8.47. The SMILES string of the molecule is CC(C)C(O)CNC(=O)C1CCN(S(C)(=O)=O)CC1. The van der Waals surface area contributed by atoms with Gasteiger partial charge in [-0.05, 0) is 18.8 Å². The second-order valence-corrected chi connectivity index (χ2v) is 7.48. The molecule has 1 heterocycles. The summed E-state index contributed by atoms with van der Waals surface area (Å²) in [6.07, 6.45) is 1.72. The van der Waals surface area contributed by atoms with Crippen molar-refractivity contribution in [2.45, 2.75) is 32.8 Å². The standard InChI is InChI=1S/C12H24N2O4S/c1-9(2)11(15)8-13-12(16)10-4-6-14(7-5-10)19(3,17)18/h9-11,15H,4-8H2,1-3H3,(H,13,16). The second-order valence-electron chi connectivity index (χ2n) is 5.49. The Kier molecular flexibility index (Phi) is 5.76. The minimum Gasteiger partial charge on any atom is -0.391 e. The molecule has 19 heavy (non-hydrogen) atoms. The number of carbonyl (C=O) groups excluding carboxylic acids is 1. The summed E-state index contributed by atoms with van der Waals surface area (Å²) >= 11 is 0. The number of rotatable bonds is 5. The van der Waals surface area contributed by atoms with Gasteiger partial charge in [0, 0.05) is 25.6 Å². The third-order valence-corrected chi connectivity index (χ3v) is 4.85. The average Bonchev–Trinajstić information content (AvgIpc) is 2.34. The summed E-state index contributed by atoms with van der Waals surface area (Å²) < 4.78 is 24.1. The molecule has 0 aromatic carbocycles. The summed E-state index contributed by atoms with van der Waals surface area (Å²) in [5.41, 5.74) is 0. The number of hydrogen-bond acceptors (Lipinski definition) is 4. The molecule has 0 spiro atoms. The predicted octanol–water partition coefficient (Wildman–Crippen LogP) is -0.209. The molecule has 1 aliphatic heterocycles. The lowest BCUT2D eigenvalue weighted by molar-refractivity contribution is -0.126. The number of aliphatic hydroxyl groups is 1. The van der Waals surface area contributed by atoms with Crippen LogP contribution in [0.1, 0.15) is 26.7 Å². The van der Waals surface area contributed by atoms with Gasteiger partial charge in [0.1, 0.15) is 0 Å². The lowest BCUT2D eigenvalue weighted by atomic mass is 9.97. The van der Waals surface area contributed by atoms with E-state index >= 15 is 0 Å². The first kappa shape index (κ1) is 16.4. The number of carbonyl (C=O) groups is 1. The first-order chi connectivity index (χ1) is 8.71. The Bertz CT molecular complexity index is 400. The Morgan fingerprint density at radius 1 is 1.37 bits per heavy atom. The van der Waals surface area contributed by atoms with Crippen LogP contribution in [-0.4, -0.2) is 55.7 Å². The van der Waals surface area contributed by atoms with E-state index in [9.17, 15) is 18.3 Å². The Morgan fingerprint density at radius 2 is 1.89 bits per heavy atom. The topological polar surface area (TPSA) is 86.7 Å². The van der Waals surface area contributed by atoms with Crippen LogP contribution in [0.2, 0.25) is 0 Å². The van der Waals surface area contributed by atoms with Crippen LogP contribution in [0.3, 0.4) is 0 Å². The third-order valence-electron chi connectivity index (χ3n) is 3.55. The maximum Gasteiger partial charge on any atom is 0.223 e. The van der Waals surface area contributed by atoms with Gasteiger partial charge >= 0.3 is 0 Å². The monoisotopic (exact) mass is 292 g/mol. The summed E-state index contributed by atoms with van der Waals surface area (Å²) in [4.78, 5) is 11.9. The van der Waals surface area contributed by atoms with E-state index in [1.807, 2.05) is 13.8 Å². The van der Waals surface area contributed by atoms with Crippen molar-refractivity contribution in [3.63, 3.8) is 0 Å². The molecule has 1 saturated heterocycles. The number of nitrogens with one attached hydrogen (secondary N) is 1. The molecule has 1 fully saturated rings. The van der Waals surface area contributed by atoms with Gasteiger partial charge in [-0.2, -0.15) is 0 Å². The van der Waals surface area contributed by atoms with E-state index in [-0.39, 0.29) is 24.3 Å². The third kappa shape index (κ3) is 5.08. The molecule has 0 aromatic rings. The Morgan fingerprint density at radius 3 is 2.32 bits per heavy atom. The summed E-state index contributed by atoms with van der Waals surface area (Å²) in [6, 6.07) is 0. The summed E-state index contributed by atoms with van der Waals surface area (Å²) in [5, 5.41) is 12.4. The van der Waals surface area contributed by atoms with Crippen molar-refractivity contribution in [1.82, 2.24) is 9.62 Å². The molecule has 0 radical (unpaired) electrons. The molecule has 1 atom stereocenters. The lowest BCUT2D eigenvalue weighted by Gasteiger charge is -2.29. The average molecular weight is 292 g/mol. The van der Waals surface area contributed by atoms with Crippen molar-refractivity contribution >= 4 is 15.9 Å². The van der Waals surface area contributed by atoms with E-state index < -0.39 is 16.1 Å². The van der Waals surface area contributed by atoms with Crippen molar-refractivity contribution in [3.05, 3.63) is 0 Å². The predicted molar refractivity (Wildman–Crippen MR) is 73.0 cm³/mol. The molecule has 1 rings (SSSR count). The number of hydrogen-bond donors (Lipinski definition) is 2. The van der Waals surface area contributed by atoms with Crippen molar-refractivity contribution in [2.24, 2.45) is 11.8 Å². The van der Waals surface area contributed by atoms with Gasteiger partial charge in [0.15, 0.2) is 0 Å². The van der Waals surface area contributed by atoms with Gasteiger partial charge in [-0.1, -0.05) is 13.8 Å². The van der Waals surface area contributed by atoms with Gasteiger partial charge in [0.2, 0.25) is 15.9 Å². The lowest BCUT2D eigenvalue weighted by Crippen LogP contribution is -2.44. The van der Waals surface area contributed by atoms with E-state index in [1.165, 1.54) is 10.6 Å². The fraction of sp³-hybridized carbons (Fsp3) is 0.917. The molecule has 1 aliphatic rings. The van der Waals surface area contributed by atoms with Crippen molar-refractivity contribution in [3.8, 4) is 0 Å². The molecule has 7 heteroatoms. The highest BCUT2D eigenvalue weighted by molar-refractivity contribution is 7.88. The minimum atomic E-state index is -3.15. The Balaban J connectivity index is 2.37. The normalized spacial score (nSPS) is 20.5. The van der Waals surface area contributed by atoms with Crippen LogP contribution < -0.4 is 5.32 Å². The molecular formula is C12H24N2O4S. The summed E-state index contributed by atoms with van der Waals surface area (Å²) in [7, 11) is -3.15. The van der Waals surface area contributed by atoms with Crippen molar-refractivity contribution in [2.75, 3.05) is 25.9 Å². The quantitative estimate of drug-likeness (QED) is 0.734. The van der Waals surface area contributed by atoms with Crippen LogP contribution in [0, 0.1) is 11.8 Å². The first-order valence-electron chi connectivity index (χ1n) is 6.62. The molecule has 2 N–H and O–H groups in total. The highest BCUT2D eigenvalue weighted by Gasteiger charge is 2.29. The van der Waals surface area contributed by atoms with Gasteiger partial charge in [-0.15, -0.1) is 0 Å². The van der Waals surface area contributed by atoms with Crippen molar-refractivity contribution < 1.29 is 18.3 Å². The fourth-order valence-electron chi connectivity index (χ4n) is 2.03. The zero-order valence-corrected chi connectivity index (χ0v) is 12.6. The maximum atomic E-state index is 11.9. The van der Waals surface area contributed by atoms with Gasteiger partial charge < -0.3 is 10.4 Å². The molecule has 0 aliphatic carbocycles. The number of sulfonamides is 1. The fourth-order valence-corrected chi connectivity index (χ4v) is 2.91. The van der Waals surface area contributed by atoms with Crippen LogP contribution in [0.5, 0.6) is 0 Å². The van der Waals surface area contributed by atoms with E-state index in [0.29, 0.717) is 25.9 Å². The Labute approximate surface area is 115 Å². The number of aliphatic hydroxyl groups excluding tert-OH is 1. The van der Waals surface area contributed by atoms with Gasteiger partial charge in [0.25, 0.3) is 0 Å². The van der Waals surface area contributed by atoms with Crippen LogP contribution in [-0.2, 0) is 14.8 Å². The highest BCUT2D eigenvalue weighted by Crippen LogP contribution is 2.19. The van der Waals surface area contributed by atoms with E-state index in [2.05, 4.69) is 5.32 Å². The largest absolute Gasteiger partial charge is 0.391 e. The van der Waals surface area contributed by atoms with E-state index in [4.69, 9.17) is 0 Å². The van der Waals surface area contributed by atoms with Gasteiger partial charge in [-0.3, -0.25) is 4.79 Å². The smallest absolute Gasteiger partial charge is 0.223 e. The van der Waals surface area contributed by atoms with Gasteiger partial charge in [-0.25, -0.2) is 12.7 Å². The summed E-state index contributed by atoms with van der Waals surface area (Å²) in [5.74, 6) is -0.141. The Hall–Kier alpha value is -0.660. The molecule has 0 aromatic heterocycles. The number of amides is 1. The molecule has 6 nitrogen and oxygen atoms in total. The van der Waals surface area contributed by atoms with E-state index in [0.717, 1.165) is 0 Å². The summed E-state index contributed by atoms with van der Waals surface area (Å²) in [6.45, 7) is 4.82. The molecule has 0 saturated carbocycles. The second kappa shape index (κ2) is 6.67. The van der Waals surface area contributed by atoms with Crippen LogP contribution in [0.15, 0.2) is 0 Å². The van der Waals surface area contributed by atoms with Crippen LogP contribution >= 0.6 is 0 Å². The van der Waals surface area contributed by atoms with Crippen molar-refractivity contribution in [1.29, 1.82) is 0 Å². The highest BCUT2D eigenvalue weighted by atomic mass is 32.2. The number of nitrogens with zero attached hydrogens (tertiary/aromatic N) is 1. The van der Waals surface area contributed by atoms with Gasteiger partial charge in [0.05, 0.1) is 12.4 Å². The maximum absolute atomic E-state index is 11.9. The molecular weight excluding hydrogens is 268 g/mol. The molecule has 1 amide bonds. The van der Waals surface area contributed by atoms with E-state index in [1.54, 1.807) is 0 Å². The molecule has 1 unspecified atom stereocenters. The van der Waals surface area contributed by atoms with Crippen LogP contribution in [0.25, 0.3) is 0 Å². The minimum absolute atomic E-state index is 0.0900. The number of piperidine rings is 1. The van der Waals surface area contributed by atoms with Crippen LogP contribution in [0.4, 0.5) is 0 Å². The zero-order chi connectivity index (χ0) is 14.6. The molecule has 112 valence electrons. The molecule has 0 bridgehead atoms.